The Kier molecular flexibility index (Phi) is 5.79. The van der Waals surface area contributed by atoms with E-state index in [1.807, 2.05) is 30.3 Å². The fraction of sp³-hybridized carbons (Fsp3) is 0.250. The van der Waals surface area contributed by atoms with Crippen LogP contribution in [0.3, 0.4) is 0 Å². The minimum absolute atomic E-state index is 0.538. The molecule has 0 amide bonds. The molecule has 0 aliphatic rings. The third kappa shape index (κ3) is 4.30. The maximum absolute atomic E-state index is 10.3. The quantitative estimate of drug-likeness (QED) is 0.809. The SMILES string of the molecule is COc1ccc(C(O)CSc2cccc(Cl)c2)cc1OC. The summed E-state index contributed by atoms with van der Waals surface area (Å²) in [5.41, 5.74) is 0.794. The highest BCUT2D eigenvalue weighted by molar-refractivity contribution is 7.99. The molecule has 0 bridgehead atoms. The zero-order valence-corrected chi connectivity index (χ0v) is 13.4. The average Bonchev–Trinajstić information content (AvgIpc) is 2.52. The molecule has 0 heterocycles. The van der Waals surface area contributed by atoms with Crippen molar-refractivity contribution in [3.8, 4) is 11.5 Å². The van der Waals surface area contributed by atoms with Crippen molar-refractivity contribution in [1.29, 1.82) is 0 Å². The number of thioether (sulfide) groups is 1. The number of aliphatic hydroxyl groups is 1. The van der Waals surface area contributed by atoms with E-state index in [-0.39, 0.29) is 0 Å². The zero-order chi connectivity index (χ0) is 15.2. The van der Waals surface area contributed by atoms with E-state index in [2.05, 4.69) is 0 Å². The third-order valence-electron chi connectivity index (χ3n) is 3.00. The molecule has 1 atom stereocenters. The first-order chi connectivity index (χ1) is 10.1. The summed E-state index contributed by atoms with van der Waals surface area (Å²) in [5, 5.41) is 11.0. The van der Waals surface area contributed by atoms with Crippen LogP contribution in [0, 0.1) is 0 Å². The third-order valence-corrected chi connectivity index (χ3v) is 4.30. The number of hydrogen-bond donors (Lipinski definition) is 1. The van der Waals surface area contributed by atoms with Crippen molar-refractivity contribution in [2.24, 2.45) is 0 Å². The number of ether oxygens (including phenoxy) is 2. The maximum atomic E-state index is 10.3. The van der Waals surface area contributed by atoms with Crippen LogP contribution in [0.15, 0.2) is 47.4 Å². The molecule has 0 aliphatic heterocycles. The topological polar surface area (TPSA) is 38.7 Å². The van der Waals surface area contributed by atoms with E-state index in [0.717, 1.165) is 10.5 Å². The number of benzene rings is 2. The summed E-state index contributed by atoms with van der Waals surface area (Å²) in [5.74, 6) is 1.80. The Morgan fingerprint density at radius 2 is 1.86 bits per heavy atom. The van der Waals surface area contributed by atoms with Crippen LogP contribution in [-0.2, 0) is 0 Å². The van der Waals surface area contributed by atoms with Crippen molar-refractivity contribution in [2.45, 2.75) is 11.0 Å². The lowest BCUT2D eigenvalue weighted by molar-refractivity contribution is 0.203. The van der Waals surface area contributed by atoms with Gasteiger partial charge in [-0.1, -0.05) is 23.7 Å². The van der Waals surface area contributed by atoms with E-state index in [9.17, 15) is 5.11 Å². The lowest BCUT2D eigenvalue weighted by atomic mass is 10.1. The molecule has 0 spiro atoms. The van der Waals surface area contributed by atoms with Crippen LogP contribution in [0.1, 0.15) is 11.7 Å². The smallest absolute Gasteiger partial charge is 0.161 e. The molecule has 0 radical (unpaired) electrons. The van der Waals surface area contributed by atoms with Gasteiger partial charge >= 0.3 is 0 Å². The van der Waals surface area contributed by atoms with Gasteiger partial charge in [-0.15, -0.1) is 11.8 Å². The van der Waals surface area contributed by atoms with Crippen molar-refractivity contribution in [2.75, 3.05) is 20.0 Å². The highest BCUT2D eigenvalue weighted by Gasteiger charge is 2.12. The summed E-state index contributed by atoms with van der Waals surface area (Å²) >= 11 is 7.50. The van der Waals surface area contributed by atoms with Crippen LogP contribution in [-0.4, -0.2) is 25.1 Å². The normalized spacial score (nSPS) is 12.0. The second-order valence-corrected chi connectivity index (χ2v) is 5.93. The molecule has 2 aromatic carbocycles. The molecular weight excluding hydrogens is 308 g/mol. The first-order valence-corrected chi connectivity index (χ1v) is 7.78. The summed E-state index contributed by atoms with van der Waals surface area (Å²) in [7, 11) is 3.16. The van der Waals surface area contributed by atoms with Gasteiger partial charge in [-0.05, 0) is 35.9 Å². The summed E-state index contributed by atoms with van der Waals surface area (Å²) in [6, 6.07) is 13.0. The number of methoxy groups -OCH3 is 2. The average molecular weight is 325 g/mol. The molecule has 0 aromatic heterocycles. The Hall–Kier alpha value is -1.36. The fourth-order valence-corrected chi connectivity index (χ4v) is 3.07. The Morgan fingerprint density at radius 3 is 2.52 bits per heavy atom. The number of aliphatic hydroxyl groups excluding tert-OH is 1. The van der Waals surface area contributed by atoms with E-state index in [1.165, 1.54) is 0 Å². The van der Waals surface area contributed by atoms with Gasteiger partial charge in [0.25, 0.3) is 0 Å². The predicted molar refractivity (Wildman–Crippen MR) is 86.7 cm³/mol. The van der Waals surface area contributed by atoms with Crippen LogP contribution in [0.4, 0.5) is 0 Å². The predicted octanol–water partition coefficient (Wildman–Crippen LogP) is 4.18. The van der Waals surface area contributed by atoms with Crippen LogP contribution < -0.4 is 9.47 Å². The molecule has 2 aromatic rings. The minimum Gasteiger partial charge on any atom is -0.493 e. The molecule has 2 rings (SSSR count). The highest BCUT2D eigenvalue weighted by Crippen LogP contribution is 2.32. The molecule has 5 heteroatoms. The van der Waals surface area contributed by atoms with Crippen molar-refractivity contribution in [3.63, 3.8) is 0 Å². The molecular formula is C16H17ClO3S. The summed E-state index contributed by atoms with van der Waals surface area (Å²) < 4.78 is 10.4. The van der Waals surface area contributed by atoms with Gasteiger partial charge in [0.15, 0.2) is 11.5 Å². The number of halogens is 1. The number of rotatable bonds is 6. The largest absolute Gasteiger partial charge is 0.493 e. The molecule has 3 nitrogen and oxygen atoms in total. The van der Waals surface area contributed by atoms with Gasteiger partial charge in [-0.2, -0.15) is 0 Å². The molecule has 21 heavy (non-hydrogen) atoms. The van der Waals surface area contributed by atoms with Crippen molar-refractivity contribution in [3.05, 3.63) is 53.1 Å². The molecule has 1 N–H and O–H groups in total. The van der Waals surface area contributed by atoms with Crippen LogP contribution >= 0.6 is 23.4 Å². The maximum Gasteiger partial charge on any atom is 0.161 e. The van der Waals surface area contributed by atoms with Gasteiger partial charge in [-0.3, -0.25) is 0 Å². The Labute approximate surface area is 133 Å². The molecule has 0 saturated carbocycles. The van der Waals surface area contributed by atoms with Gasteiger partial charge in [-0.25, -0.2) is 0 Å². The Morgan fingerprint density at radius 1 is 1.10 bits per heavy atom. The fourth-order valence-electron chi connectivity index (χ4n) is 1.89. The second kappa shape index (κ2) is 7.59. The summed E-state index contributed by atoms with van der Waals surface area (Å²) in [6.45, 7) is 0. The first kappa shape index (κ1) is 16.0. The van der Waals surface area contributed by atoms with Crippen LogP contribution in [0.5, 0.6) is 11.5 Å². The van der Waals surface area contributed by atoms with Gasteiger partial charge in [0, 0.05) is 15.7 Å². The van der Waals surface area contributed by atoms with Crippen LogP contribution in [0.25, 0.3) is 0 Å². The van der Waals surface area contributed by atoms with E-state index < -0.39 is 6.10 Å². The van der Waals surface area contributed by atoms with Gasteiger partial charge in [0.1, 0.15) is 0 Å². The first-order valence-electron chi connectivity index (χ1n) is 6.42. The van der Waals surface area contributed by atoms with E-state index in [0.29, 0.717) is 22.3 Å². The Balaban J connectivity index is 2.04. The van der Waals surface area contributed by atoms with E-state index >= 15 is 0 Å². The second-order valence-electron chi connectivity index (χ2n) is 4.40. The molecule has 0 fully saturated rings. The standard InChI is InChI=1S/C16H17ClO3S/c1-19-15-7-6-11(8-16(15)20-2)14(18)10-21-13-5-3-4-12(17)9-13/h3-9,14,18H,10H2,1-2H3. The molecule has 0 aliphatic carbocycles. The van der Waals surface area contributed by atoms with Crippen molar-refractivity contribution in [1.82, 2.24) is 0 Å². The summed E-state index contributed by atoms with van der Waals surface area (Å²) in [6.07, 6.45) is -0.589. The van der Waals surface area contributed by atoms with Crippen molar-refractivity contribution < 1.29 is 14.6 Å². The van der Waals surface area contributed by atoms with E-state index in [4.69, 9.17) is 21.1 Å². The minimum atomic E-state index is -0.589. The molecule has 0 saturated heterocycles. The molecule has 112 valence electrons. The van der Waals surface area contributed by atoms with Crippen LogP contribution in [0.2, 0.25) is 5.02 Å². The van der Waals surface area contributed by atoms with Crippen molar-refractivity contribution >= 4 is 23.4 Å². The van der Waals surface area contributed by atoms with Gasteiger partial charge in [0.2, 0.25) is 0 Å². The van der Waals surface area contributed by atoms with Gasteiger partial charge < -0.3 is 14.6 Å². The van der Waals surface area contributed by atoms with E-state index in [1.54, 1.807) is 38.1 Å². The summed E-state index contributed by atoms with van der Waals surface area (Å²) in [4.78, 5) is 1.03. The van der Waals surface area contributed by atoms with Gasteiger partial charge in [0.05, 0.1) is 20.3 Å². The Bertz CT molecular complexity index is 604. The highest BCUT2D eigenvalue weighted by atomic mass is 35.5. The zero-order valence-electron chi connectivity index (χ0n) is 11.9. The monoisotopic (exact) mass is 324 g/mol. The lowest BCUT2D eigenvalue weighted by Gasteiger charge is -2.14. The molecule has 1 unspecified atom stereocenters. The number of hydrogen-bond acceptors (Lipinski definition) is 4. The lowest BCUT2D eigenvalue weighted by Crippen LogP contribution is -2.01.